The van der Waals surface area contributed by atoms with Crippen LogP contribution in [0.25, 0.3) is 0 Å². The van der Waals surface area contributed by atoms with Gasteiger partial charge in [0.2, 0.25) is 0 Å². The molecule has 3 nitrogen and oxygen atoms in total. The summed E-state index contributed by atoms with van der Waals surface area (Å²) in [7, 11) is 1.66. The molecule has 0 saturated carbocycles. The van der Waals surface area contributed by atoms with Crippen LogP contribution in [0.1, 0.15) is 23.6 Å². The molecule has 1 aromatic rings. The first-order valence-corrected chi connectivity index (χ1v) is 5.34. The molecule has 0 aromatic heterocycles. The van der Waals surface area contributed by atoms with Crippen LogP contribution in [0.4, 0.5) is 5.69 Å². The second-order valence-corrected chi connectivity index (χ2v) is 4.31. The van der Waals surface area contributed by atoms with Gasteiger partial charge >= 0.3 is 0 Å². The van der Waals surface area contributed by atoms with E-state index in [-0.39, 0.29) is 6.04 Å². The average Bonchev–Trinajstić information content (AvgIpc) is 2.54. The minimum Gasteiger partial charge on any atom is -0.496 e. The molecule has 4 N–H and O–H groups in total. The lowest BCUT2D eigenvalue weighted by Gasteiger charge is -2.13. The predicted octanol–water partition coefficient (Wildman–Crippen LogP) is 1.99. The van der Waals surface area contributed by atoms with Crippen LogP contribution >= 0.6 is 15.9 Å². The van der Waals surface area contributed by atoms with E-state index in [1.165, 1.54) is 5.56 Å². The summed E-state index contributed by atoms with van der Waals surface area (Å²) in [5.74, 6) is 0.855. The minimum atomic E-state index is 0.0803. The van der Waals surface area contributed by atoms with Crippen LogP contribution in [0, 0.1) is 0 Å². The van der Waals surface area contributed by atoms with E-state index >= 15 is 0 Å². The van der Waals surface area contributed by atoms with Crippen molar-refractivity contribution in [2.24, 2.45) is 5.73 Å². The van der Waals surface area contributed by atoms with Gasteiger partial charge in [-0.25, -0.2) is 0 Å². The Morgan fingerprint density at radius 3 is 2.93 bits per heavy atom. The van der Waals surface area contributed by atoms with E-state index in [2.05, 4.69) is 15.9 Å². The zero-order valence-corrected chi connectivity index (χ0v) is 9.60. The smallest absolute Gasteiger partial charge is 0.124 e. The van der Waals surface area contributed by atoms with Crippen molar-refractivity contribution in [2.75, 3.05) is 12.8 Å². The molecule has 1 aromatic carbocycles. The maximum absolute atomic E-state index is 6.00. The Bertz CT molecular complexity index is 379. The van der Waals surface area contributed by atoms with Gasteiger partial charge in [0.05, 0.1) is 7.11 Å². The summed E-state index contributed by atoms with van der Waals surface area (Å²) in [6.07, 6.45) is 1.94. The number of anilines is 1. The highest BCUT2D eigenvalue weighted by atomic mass is 79.9. The number of hydrogen-bond acceptors (Lipinski definition) is 3. The molecule has 2 rings (SSSR count). The summed E-state index contributed by atoms with van der Waals surface area (Å²) >= 11 is 3.47. The normalized spacial score (nSPS) is 19.5. The van der Waals surface area contributed by atoms with Gasteiger partial charge in [0, 0.05) is 27.8 Å². The third kappa shape index (κ3) is 1.29. The Kier molecular flexibility index (Phi) is 2.41. The van der Waals surface area contributed by atoms with Gasteiger partial charge in [-0.05, 0) is 34.3 Å². The van der Waals surface area contributed by atoms with Crippen LogP contribution in [0.15, 0.2) is 10.5 Å². The fraction of sp³-hybridized carbons (Fsp3) is 0.400. The molecule has 0 unspecified atom stereocenters. The van der Waals surface area contributed by atoms with E-state index in [4.69, 9.17) is 16.2 Å². The quantitative estimate of drug-likeness (QED) is 0.756. The van der Waals surface area contributed by atoms with Gasteiger partial charge < -0.3 is 16.2 Å². The molecule has 1 aliphatic rings. The molecule has 0 aliphatic heterocycles. The number of nitrogens with two attached hydrogens (primary N) is 2. The zero-order valence-electron chi connectivity index (χ0n) is 8.01. The number of hydrogen-bond donors (Lipinski definition) is 2. The van der Waals surface area contributed by atoms with Gasteiger partial charge in [-0.15, -0.1) is 0 Å². The average molecular weight is 257 g/mol. The van der Waals surface area contributed by atoms with Gasteiger partial charge in [0.25, 0.3) is 0 Å². The Labute approximate surface area is 91.5 Å². The van der Waals surface area contributed by atoms with Crippen molar-refractivity contribution in [1.29, 1.82) is 0 Å². The zero-order chi connectivity index (χ0) is 10.3. The molecule has 0 heterocycles. The summed E-state index contributed by atoms with van der Waals surface area (Å²) in [5, 5.41) is 0. The van der Waals surface area contributed by atoms with Crippen molar-refractivity contribution in [3.63, 3.8) is 0 Å². The lowest BCUT2D eigenvalue weighted by atomic mass is 10.1. The van der Waals surface area contributed by atoms with Crippen LogP contribution < -0.4 is 16.2 Å². The van der Waals surface area contributed by atoms with Gasteiger partial charge in [-0.1, -0.05) is 0 Å². The maximum atomic E-state index is 6.00. The number of rotatable bonds is 1. The predicted molar refractivity (Wildman–Crippen MR) is 60.4 cm³/mol. The monoisotopic (exact) mass is 256 g/mol. The molecule has 0 fully saturated rings. The van der Waals surface area contributed by atoms with E-state index in [9.17, 15) is 0 Å². The number of benzene rings is 1. The molecule has 14 heavy (non-hydrogen) atoms. The second kappa shape index (κ2) is 3.44. The molecule has 0 saturated heterocycles. The number of methoxy groups -OCH3 is 1. The summed E-state index contributed by atoms with van der Waals surface area (Å²) in [6, 6.07) is 1.93. The van der Waals surface area contributed by atoms with Crippen molar-refractivity contribution >= 4 is 21.6 Å². The third-order valence-corrected chi connectivity index (χ3v) is 3.58. The molecule has 1 atom stereocenters. The van der Waals surface area contributed by atoms with Crippen molar-refractivity contribution in [1.82, 2.24) is 0 Å². The number of ether oxygens (including phenoxy) is 1. The first-order valence-electron chi connectivity index (χ1n) is 4.55. The van der Waals surface area contributed by atoms with Crippen LogP contribution in [0.5, 0.6) is 5.75 Å². The molecule has 0 radical (unpaired) electrons. The van der Waals surface area contributed by atoms with Crippen LogP contribution in [-0.2, 0) is 6.42 Å². The second-order valence-electron chi connectivity index (χ2n) is 3.52. The first kappa shape index (κ1) is 9.80. The summed E-state index contributed by atoms with van der Waals surface area (Å²) in [5.41, 5.74) is 14.8. The summed E-state index contributed by atoms with van der Waals surface area (Å²) in [4.78, 5) is 0. The highest BCUT2D eigenvalue weighted by Gasteiger charge is 2.26. The van der Waals surface area contributed by atoms with Gasteiger partial charge in [0.1, 0.15) is 5.75 Å². The van der Waals surface area contributed by atoms with E-state index in [0.717, 1.165) is 28.6 Å². The van der Waals surface area contributed by atoms with Crippen LogP contribution in [0.2, 0.25) is 0 Å². The third-order valence-electron chi connectivity index (χ3n) is 2.70. The topological polar surface area (TPSA) is 61.3 Å². The Morgan fingerprint density at radius 1 is 1.57 bits per heavy atom. The summed E-state index contributed by atoms with van der Waals surface area (Å²) < 4.78 is 6.21. The van der Waals surface area contributed by atoms with Crippen molar-refractivity contribution < 1.29 is 4.74 Å². The SMILES string of the molecule is COc1cc(N)c(Br)c2c1CC[C@@H]2N. The lowest BCUT2D eigenvalue weighted by molar-refractivity contribution is 0.410. The highest BCUT2D eigenvalue weighted by molar-refractivity contribution is 9.10. The summed E-state index contributed by atoms with van der Waals surface area (Å²) in [6.45, 7) is 0. The largest absolute Gasteiger partial charge is 0.496 e. The molecular formula is C10H13BrN2O. The highest BCUT2D eigenvalue weighted by Crippen LogP contribution is 2.43. The maximum Gasteiger partial charge on any atom is 0.124 e. The van der Waals surface area contributed by atoms with E-state index in [0.29, 0.717) is 5.69 Å². The molecule has 76 valence electrons. The van der Waals surface area contributed by atoms with Crippen molar-refractivity contribution in [3.8, 4) is 5.75 Å². The molecule has 0 spiro atoms. The van der Waals surface area contributed by atoms with Gasteiger partial charge in [-0.3, -0.25) is 0 Å². The van der Waals surface area contributed by atoms with Crippen LogP contribution in [-0.4, -0.2) is 7.11 Å². The number of fused-ring (bicyclic) bond motifs is 1. The molecular weight excluding hydrogens is 244 g/mol. The Hall–Kier alpha value is -0.740. The molecule has 0 amide bonds. The van der Waals surface area contributed by atoms with E-state index in [1.807, 2.05) is 6.07 Å². The van der Waals surface area contributed by atoms with E-state index in [1.54, 1.807) is 7.11 Å². The molecule has 4 heteroatoms. The van der Waals surface area contributed by atoms with Crippen molar-refractivity contribution in [2.45, 2.75) is 18.9 Å². The molecule has 1 aliphatic carbocycles. The number of halogens is 1. The lowest BCUT2D eigenvalue weighted by Crippen LogP contribution is -2.07. The standard InChI is InChI=1S/C10H13BrN2O/c1-14-8-4-7(13)10(11)9-5(8)2-3-6(9)12/h4,6H,2-3,12-13H2,1H3/t6-/m0/s1. The van der Waals surface area contributed by atoms with Gasteiger partial charge in [0.15, 0.2) is 0 Å². The van der Waals surface area contributed by atoms with Gasteiger partial charge in [-0.2, -0.15) is 0 Å². The fourth-order valence-electron chi connectivity index (χ4n) is 1.98. The molecule has 0 bridgehead atoms. The Morgan fingerprint density at radius 2 is 2.29 bits per heavy atom. The fourth-order valence-corrected chi connectivity index (χ4v) is 2.63. The minimum absolute atomic E-state index is 0.0803. The first-order chi connectivity index (χ1) is 6.65. The Balaban J connectivity index is 2.66. The van der Waals surface area contributed by atoms with E-state index < -0.39 is 0 Å². The number of nitrogen functional groups attached to an aromatic ring is 1. The van der Waals surface area contributed by atoms with Crippen molar-refractivity contribution in [3.05, 3.63) is 21.7 Å². The van der Waals surface area contributed by atoms with Crippen LogP contribution in [0.3, 0.4) is 0 Å².